The van der Waals surface area contributed by atoms with Crippen LogP contribution in [0.4, 0.5) is 0 Å². The first-order valence-electron chi connectivity index (χ1n) is 9.78. The number of sulfonamides is 1. The third kappa shape index (κ3) is 5.47. The van der Waals surface area contributed by atoms with Gasteiger partial charge in [-0.2, -0.15) is 4.31 Å². The Balaban J connectivity index is 1.62. The summed E-state index contributed by atoms with van der Waals surface area (Å²) in [5.41, 5.74) is 1.29. The lowest BCUT2D eigenvalue weighted by Crippen LogP contribution is -2.42. The van der Waals surface area contributed by atoms with Gasteiger partial charge < -0.3 is 5.32 Å². The van der Waals surface area contributed by atoms with E-state index in [0.29, 0.717) is 30.5 Å². The van der Waals surface area contributed by atoms with E-state index in [4.69, 9.17) is 0 Å². The molecule has 0 spiro atoms. The minimum absolute atomic E-state index is 0.220. The van der Waals surface area contributed by atoms with Gasteiger partial charge in [0.1, 0.15) is 0 Å². The predicted octanol–water partition coefficient (Wildman–Crippen LogP) is 3.13. The molecular formula is C23H26N2O3S. The molecule has 0 aromatic heterocycles. The Hall–Kier alpha value is -2.62. The normalized spacial score (nSPS) is 19.8. The van der Waals surface area contributed by atoms with E-state index in [1.54, 1.807) is 16.4 Å². The molecule has 1 aliphatic heterocycles. The van der Waals surface area contributed by atoms with Gasteiger partial charge >= 0.3 is 0 Å². The number of piperidine rings is 1. The van der Waals surface area contributed by atoms with Crippen LogP contribution in [-0.2, 0) is 10.0 Å². The number of amides is 1. The zero-order valence-corrected chi connectivity index (χ0v) is 17.6. The SMILES string of the molecule is CC1CC(C)CN(S(=O)(=O)c2ccc(C(=O)NCC#Cc3ccccc3)cc2)C1. The smallest absolute Gasteiger partial charge is 0.252 e. The van der Waals surface area contributed by atoms with Gasteiger partial charge in [0.05, 0.1) is 11.4 Å². The topological polar surface area (TPSA) is 66.5 Å². The lowest BCUT2D eigenvalue weighted by atomic mass is 9.94. The fourth-order valence-corrected chi connectivity index (χ4v) is 5.30. The largest absolute Gasteiger partial charge is 0.341 e. The van der Waals surface area contributed by atoms with Gasteiger partial charge in [0.15, 0.2) is 0 Å². The third-order valence-corrected chi connectivity index (χ3v) is 6.78. The van der Waals surface area contributed by atoms with Gasteiger partial charge in [0.25, 0.3) is 5.91 Å². The maximum atomic E-state index is 12.9. The van der Waals surface area contributed by atoms with Crippen LogP contribution in [0.3, 0.4) is 0 Å². The van der Waals surface area contributed by atoms with Crippen molar-refractivity contribution in [3.63, 3.8) is 0 Å². The van der Waals surface area contributed by atoms with Gasteiger partial charge in [0, 0.05) is 24.2 Å². The van der Waals surface area contributed by atoms with Crippen molar-refractivity contribution in [2.75, 3.05) is 19.6 Å². The predicted molar refractivity (Wildman–Crippen MR) is 114 cm³/mol. The van der Waals surface area contributed by atoms with Crippen molar-refractivity contribution >= 4 is 15.9 Å². The van der Waals surface area contributed by atoms with Crippen LogP contribution in [0.5, 0.6) is 0 Å². The number of carbonyl (C=O) groups is 1. The standard InChI is InChI=1S/C23H26N2O3S/c1-18-15-19(2)17-25(16-18)29(27,28)22-12-10-21(11-13-22)23(26)24-14-6-9-20-7-4-3-5-8-20/h3-5,7-8,10-13,18-19H,14-17H2,1-2H3,(H,24,26). The fourth-order valence-electron chi connectivity index (χ4n) is 3.62. The second-order valence-corrected chi connectivity index (χ2v) is 9.58. The van der Waals surface area contributed by atoms with Crippen molar-refractivity contribution in [2.45, 2.75) is 25.2 Å². The van der Waals surface area contributed by atoms with E-state index in [-0.39, 0.29) is 17.3 Å². The molecule has 0 radical (unpaired) electrons. The Bertz CT molecular complexity index is 996. The number of benzene rings is 2. The molecule has 2 atom stereocenters. The highest BCUT2D eigenvalue weighted by molar-refractivity contribution is 7.89. The summed E-state index contributed by atoms with van der Waals surface area (Å²) >= 11 is 0. The molecular weight excluding hydrogens is 384 g/mol. The van der Waals surface area contributed by atoms with Crippen molar-refractivity contribution in [2.24, 2.45) is 11.8 Å². The molecule has 6 heteroatoms. The lowest BCUT2D eigenvalue weighted by Gasteiger charge is -2.34. The molecule has 29 heavy (non-hydrogen) atoms. The van der Waals surface area contributed by atoms with Gasteiger partial charge in [0.2, 0.25) is 10.0 Å². The Kier molecular flexibility index (Phi) is 6.73. The number of nitrogens with one attached hydrogen (secondary N) is 1. The summed E-state index contributed by atoms with van der Waals surface area (Å²) < 4.78 is 27.4. The molecule has 1 heterocycles. The molecule has 1 amide bonds. The minimum Gasteiger partial charge on any atom is -0.341 e. The molecule has 1 N–H and O–H groups in total. The third-order valence-electron chi connectivity index (χ3n) is 4.93. The molecule has 2 aromatic rings. The van der Waals surface area contributed by atoms with E-state index >= 15 is 0 Å². The number of hydrogen-bond acceptors (Lipinski definition) is 3. The highest BCUT2D eigenvalue weighted by Crippen LogP contribution is 2.26. The van der Waals surface area contributed by atoms with Crippen molar-refractivity contribution in [3.05, 3.63) is 65.7 Å². The van der Waals surface area contributed by atoms with Gasteiger partial charge in [-0.25, -0.2) is 8.42 Å². The van der Waals surface area contributed by atoms with Gasteiger partial charge in [-0.15, -0.1) is 0 Å². The Morgan fingerprint density at radius 2 is 1.66 bits per heavy atom. The first kappa shape index (κ1) is 21.1. The second kappa shape index (κ2) is 9.25. The van der Waals surface area contributed by atoms with Gasteiger partial charge in [-0.3, -0.25) is 4.79 Å². The summed E-state index contributed by atoms with van der Waals surface area (Å²) in [7, 11) is -3.54. The number of nitrogens with zero attached hydrogens (tertiary/aromatic N) is 1. The van der Waals surface area contributed by atoms with Crippen LogP contribution in [0.15, 0.2) is 59.5 Å². The lowest BCUT2D eigenvalue weighted by molar-refractivity contribution is 0.0958. The molecule has 0 bridgehead atoms. The maximum absolute atomic E-state index is 12.9. The molecule has 1 saturated heterocycles. The summed E-state index contributed by atoms with van der Waals surface area (Å²) in [6.07, 6.45) is 1.04. The van der Waals surface area contributed by atoms with Crippen molar-refractivity contribution < 1.29 is 13.2 Å². The molecule has 0 saturated carbocycles. The van der Waals surface area contributed by atoms with E-state index in [2.05, 4.69) is 31.0 Å². The number of hydrogen-bond donors (Lipinski definition) is 1. The number of rotatable bonds is 4. The van der Waals surface area contributed by atoms with Crippen LogP contribution in [0.2, 0.25) is 0 Å². The van der Waals surface area contributed by atoms with Crippen molar-refractivity contribution in [1.82, 2.24) is 9.62 Å². The molecule has 5 nitrogen and oxygen atoms in total. The van der Waals surface area contributed by atoms with Gasteiger partial charge in [-0.1, -0.05) is 43.9 Å². The average Bonchev–Trinajstić information content (AvgIpc) is 2.71. The van der Waals surface area contributed by atoms with E-state index in [1.165, 1.54) is 12.1 Å². The van der Waals surface area contributed by atoms with Crippen LogP contribution < -0.4 is 5.32 Å². The average molecular weight is 411 g/mol. The Morgan fingerprint density at radius 1 is 1.03 bits per heavy atom. The Labute approximate surface area is 173 Å². The van der Waals surface area contributed by atoms with Crippen molar-refractivity contribution in [1.29, 1.82) is 0 Å². The first-order valence-corrected chi connectivity index (χ1v) is 11.2. The quantitative estimate of drug-likeness (QED) is 0.788. The maximum Gasteiger partial charge on any atom is 0.252 e. The summed E-state index contributed by atoms with van der Waals surface area (Å²) in [6, 6.07) is 15.6. The highest BCUT2D eigenvalue weighted by Gasteiger charge is 2.31. The van der Waals surface area contributed by atoms with E-state index in [1.807, 2.05) is 30.3 Å². The highest BCUT2D eigenvalue weighted by atomic mass is 32.2. The molecule has 0 aliphatic carbocycles. The summed E-state index contributed by atoms with van der Waals surface area (Å²) in [4.78, 5) is 12.5. The molecule has 2 aromatic carbocycles. The van der Waals surface area contributed by atoms with Crippen molar-refractivity contribution in [3.8, 4) is 11.8 Å². The molecule has 152 valence electrons. The van der Waals surface area contributed by atoms with Crippen LogP contribution in [0.1, 0.15) is 36.2 Å². The van der Waals surface area contributed by atoms with Crippen LogP contribution >= 0.6 is 0 Å². The summed E-state index contributed by atoms with van der Waals surface area (Å²) in [5, 5.41) is 2.73. The van der Waals surface area contributed by atoms with Crippen LogP contribution in [0, 0.1) is 23.7 Å². The fraction of sp³-hybridized carbons (Fsp3) is 0.348. The zero-order valence-electron chi connectivity index (χ0n) is 16.8. The number of carbonyl (C=O) groups excluding carboxylic acids is 1. The monoisotopic (exact) mass is 410 g/mol. The van der Waals surface area contributed by atoms with Crippen LogP contribution in [0.25, 0.3) is 0 Å². The van der Waals surface area contributed by atoms with E-state index < -0.39 is 10.0 Å². The second-order valence-electron chi connectivity index (χ2n) is 7.64. The molecule has 2 unspecified atom stereocenters. The van der Waals surface area contributed by atoms with Gasteiger partial charge in [-0.05, 0) is 54.7 Å². The molecule has 1 aliphatic rings. The summed E-state index contributed by atoms with van der Waals surface area (Å²) in [5.74, 6) is 6.28. The van der Waals surface area contributed by atoms with Crippen LogP contribution in [-0.4, -0.2) is 38.3 Å². The van der Waals surface area contributed by atoms with E-state index in [9.17, 15) is 13.2 Å². The minimum atomic E-state index is -3.54. The molecule has 1 fully saturated rings. The molecule has 3 rings (SSSR count). The Morgan fingerprint density at radius 3 is 2.28 bits per heavy atom. The first-order chi connectivity index (χ1) is 13.9. The summed E-state index contributed by atoms with van der Waals surface area (Å²) in [6.45, 7) is 5.44. The zero-order chi connectivity index (χ0) is 20.9. The van der Waals surface area contributed by atoms with E-state index in [0.717, 1.165) is 12.0 Å².